The van der Waals surface area contributed by atoms with Crippen molar-refractivity contribution in [1.82, 2.24) is 15.2 Å². The van der Waals surface area contributed by atoms with E-state index in [4.69, 9.17) is 5.26 Å². The summed E-state index contributed by atoms with van der Waals surface area (Å²) in [4.78, 5) is 29.1. The number of nitrogens with zero attached hydrogens (tertiary/aromatic N) is 3. The van der Waals surface area contributed by atoms with Gasteiger partial charge in [-0.05, 0) is 11.6 Å². The number of nitrogens with one attached hydrogen (secondary N) is 1. The van der Waals surface area contributed by atoms with Crippen LogP contribution in [0, 0.1) is 11.3 Å². The Morgan fingerprint density at radius 3 is 2.86 bits per heavy atom. The molecule has 0 radical (unpaired) electrons. The Morgan fingerprint density at radius 1 is 1.57 bits per heavy atom. The van der Waals surface area contributed by atoms with Crippen molar-refractivity contribution in [3.63, 3.8) is 0 Å². The number of pyridine rings is 1. The third-order valence-electron chi connectivity index (χ3n) is 2.76. The summed E-state index contributed by atoms with van der Waals surface area (Å²) in [6.07, 6.45) is 3.55. The number of amides is 2. The maximum Gasteiger partial charge on any atom is 0.246 e. The number of thiol groups is 1. The van der Waals surface area contributed by atoms with E-state index in [0.717, 1.165) is 5.56 Å². The molecule has 2 amide bonds. The number of carbonyl (C=O) groups excluding carboxylic acids is 2. The number of rotatable bonds is 7. The van der Waals surface area contributed by atoms with Crippen molar-refractivity contribution >= 4 is 24.4 Å². The molecule has 0 aliphatic rings. The molecule has 0 aromatic carbocycles. The van der Waals surface area contributed by atoms with Gasteiger partial charge in [0, 0.05) is 38.2 Å². The van der Waals surface area contributed by atoms with Gasteiger partial charge in [0.1, 0.15) is 6.04 Å². The van der Waals surface area contributed by atoms with E-state index in [9.17, 15) is 9.59 Å². The van der Waals surface area contributed by atoms with E-state index in [0.29, 0.717) is 13.1 Å². The number of aromatic nitrogens is 1. The monoisotopic (exact) mass is 306 g/mol. The van der Waals surface area contributed by atoms with E-state index in [1.165, 1.54) is 11.8 Å². The molecule has 0 spiro atoms. The molecule has 1 atom stereocenters. The Morgan fingerprint density at radius 2 is 2.33 bits per heavy atom. The van der Waals surface area contributed by atoms with Gasteiger partial charge in [-0.15, -0.1) is 0 Å². The van der Waals surface area contributed by atoms with Crippen LogP contribution in [0.25, 0.3) is 0 Å². The maximum atomic E-state index is 12.5. The standard InChI is InChI=1S/C14H18N4O2S/c1-11(19)17-13(10-21)14(20)18(7-3-5-15)9-12-4-2-6-16-8-12/h2,4,6,8,13,21H,3,7,9-10H2,1H3,(H,17,19). The quantitative estimate of drug-likeness (QED) is 0.728. The SMILES string of the molecule is CC(=O)NC(CS)C(=O)N(CCC#N)Cc1cccnc1. The van der Waals surface area contributed by atoms with Crippen LogP contribution in [0.15, 0.2) is 24.5 Å². The van der Waals surface area contributed by atoms with E-state index < -0.39 is 6.04 Å². The summed E-state index contributed by atoms with van der Waals surface area (Å²) in [7, 11) is 0. The van der Waals surface area contributed by atoms with Gasteiger partial charge in [-0.3, -0.25) is 14.6 Å². The average Bonchev–Trinajstić information content (AvgIpc) is 2.49. The summed E-state index contributed by atoms with van der Waals surface area (Å²) in [5.41, 5.74) is 0.865. The van der Waals surface area contributed by atoms with Gasteiger partial charge in [-0.1, -0.05) is 6.07 Å². The molecule has 1 unspecified atom stereocenters. The summed E-state index contributed by atoms with van der Waals surface area (Å²) in [5, 5.41) is 11.3. The molecule has 0 aliphatic heterocycles. The molecule has 1 N–H and O–H groups in total. The summed E-state index contributed by atoms with van der Waals surface area (Å²) >= 11 is 4.10. The molecule has 6 nitrogen and oxygen atoms in total. The summed E-state index contributed by atoms with van der Waals surface area (Å²) in [5.74, 6) is -0.336. The zero-order chi connectivity index (χ0) is 15.7. The zero-order valence-electron chi connectivity index (χ0n) is 11.8. The van der Waals surface area contributed by atoms with Crippen LogP contribution in [0.5, 0.6) is 0 Å². The maximum absolute atomic E-state index is 12.5. The summed E-state index contributed by atoms with van der Waals surface area (Å²) < 4.78 is 0. The topological polar surface area (TPSA) is 86.1 Å². The third-order valence-corrected chi connectivity index (χ3v) is 3.12. The Labute approximate surface area is 129 Å². The van der Waals surface area contributed by atoms with Crippen molar-refractivity contribution in [3.05, 3.63) is 30.1 Å². The van der Waals surface area contributed by atoms with Crippen molar-refractivity contribution < 1.29 is 9.59 Å². The van der Waals surface area contributed by atoms with E-state index in [-0.39, 0.29) is 24.0 Å². The van der Waals surface area contributed by atoms with Crippen LogP contribution in [0.2, 0.25) is 0 Å². The molecule has 21 heavy (non-hydrogen) atoms. The number of hydrogen-bond acceptors (Lipinski definition) is 5. The lowest BCUT2D eigenvalue weighted by Crippen LogP contribution is -2.49. The van der Waals surface area contributed by atoms with Gasteiger partial charge in [0.2, 0.25) is 11.8 Å². The fraction of sp³-hybridized carbons (Fsp3) is 0.429. The highest BCUT2D eigenvalue weighted by molar-refractivity contribution is 7.80. The fourth-order valence-corrected chi connectivity index (χ4v) is 2.06. The molecule has 7 heteroatoms. The third kappa shape index (κ3) is 5.83. The number of hydrogen-bond donors (Lipinski definition) is 2. The van der Waals surface area contributed by atoms with Gasteiger partial charge < -0.3 is 10.2 Å². The number of nitriles is 1. The average molecular weight is 306 g/mol. The molecule has 0 saturated carbocycles. The lowest BCUT2D eigenvalue weighted by molar-refractivity contribution is -0.135. The normalized spacial score (nSPS) is 11.3. The molecule has 0 aliphatic carbocycles. The molecule has 0 saturated heterocycles. The Kier molecular flexibility index (Phi) is 7.26. The van der Waals surface area contributed by atoms with Crippen LogP contribution in [-0.2, 0) is 16.1 Å². The largest absolute Gasteiger partial charge is 0.344 e. The minimum Gasteiger partial charge on any atom is -0.344 e. The Balaban J connectivity index is 2.82. The highest BCUT2D eigenvalue weighted by Crippen LogP contribution is 2.07. The van der Waals surface area contributed by atoms with Crippen molar-refractivity contribution in [2.24, 2.45) is 0 Å². The van der Waals surface area contributed by atoms with Crippen LogP contribution in [0.1, 0.15) is 18.9 Å². The van der Waals surface area contributed by atoms with Crippen molar-refractivity contribution in [3.8, 4) is 6.07 Å². The molecule has 0 bridgehead atoms. The smallest absolute Gasteiger partial charge is 0.246 e. The first-order chi connectivity index (χ1) is 10.1. The molecule has 112 valence electrons. The molecule has 0 fully saturated rings. The molecule has 1 aromatic heterocycles. The summed E-state index contributed by atoms with van der Waals surface area (Å²) in [6, 6.07) is 4.97. The first-order valence-corrected chi connectivity index (χ1v) is 7.14. The number of carbonyl (C=O) groups is 2. The van der Waals surface area contributed by atoms with Crippen LogP contribution < -0.4 is 5.32 Å². The van der Waals surface area contributed by atoms with Gasteiger partial charge in [0.25, 0.3) is 0 Å². The first-order valence-electron chi connectivity index (χ1n) is 6.51. The van der Waals surface area contributed by atoms with Crippen molar-refractivity contribution in [1.29, 1.82) is 5.26 Å². The second-order valence-corrected chi connectivity index (χ2v) is 4.83. The predicted molar refractivity (Wildman–Crippen MR) is 81.3 cm³/mol. The van der Waals surface area contributed by atoms with Crippen molar-refractivity contribution in [2.45, 2.75) is 25.9 Å². The van der Waals surface area contributed by atoms with Crippen LogP contribution in [0.4, 0.5) is 0 Å². The second-order valence-electron chi connectivity index (χ2n) is 4.46. The van der Waals surface area contributed by atoms with Crippen molar-refractivity contribution in [2.75, 3.05) is 12.3 Å². The van der Waals surface area contributed by atoms with E-state index >= 15 is 0 Å². The van der Waals surface area contributed by atoms with E-state index in [2.05, 4.69) is 22.9 Å². The van der Waals surface area contributed by atoms with Crippen LogP contribution >= 0.6 is 12.6 Å². The molecule has 1 heterocycles. The van der Waals surface area contributed by atoms with Crippen LogP contribution in [0.3, 0.4) is 0 Å². The molecule has 1 aromatic rings. The highest BCUT2D eigenvalue weighted by Gasteiger charge is 2.23. The zero-order valence-corrected chi connectivity index (χ0v) is 12.7. The molecular weight excluding hydrogens is 288 g/mol. The second kappa shape index (κ2) is 8.97. The lowest BCUT2D eigenvalue weighted by atomic mass is 10.2. The summed E-state index contributed by atoms with van der Waals surface area (Å²) in [6.45, 7) is 2.00. The molecular formula is C14H18N4O2S. The highest BCUT2D eigenvalue weighted by atomic mass is 32.1. The van der Waals surface area contributed by atoms with Gasteiger partial charge >= 0.3 is 0 Å². The minimum absolute atomic E-state index is 0.203. The van der Waals surface area contributed by atoms with Gasteiger partial charge in [-0.25, -0.2) is 0 Å². The van der Waals surface area contributed by atoms with Gasteiger partial charge in [0.15, 0.2) is 0 Å². The van der Waals surface area contributed by atoms with E-state index in [1.54, 1.807) is 18.5 Å². The Bertz CT molecular complexity index is 515. The predicted octanol–water partition coefficient (Wildman–Crippen LogP) is 0.758. The first kappa shape index (κ1) is 17.0. The lowest BCUT2D eigenvalue weighted by Gasteiger charge is -2.26. The van der Waals surface area contributed by atoms with E-state index in [1.807, 2.05) is 12.1 Å². The molecule has 1 rings (SSSR count). The van der Waals surface area contributed by atoms with Crippen LogP contribution in [-0.4, -0.2) is 40.0 Å². The fourth-order valence-electron chi connectivity index (χ4n) is 1.82. The van der Waals surface area contributed by atoms with Gasteiger partial charge in [0.05, 0.1) is 12.5 Å². The Hall–Kier alpha value is -2.07. The van der Waals surface area contributed by atoms with Gasteiger partial charge in [-0.2, -0.15) is 17.9 Å². The minimum atomic E-state index is -0.693.